The van der Waals surface area contributed by atoms with Crippen LogP contribution in [0.2, 0.25) is 0 Å². The molecule has 1 unspecified atom stereocenters. The van der Waals surface area contributed by atoms with Crippen molar-refractivity contribution < 1.29 is 25.1 Å². The lowest BCUT2D eigenvalue weighted by Crippen LogP contribution is -2.21. The van der Waals surface area contributed by atoms with E-state index in [1.807, 2.05) is 0 Å². The van der Waals surface area contributed by atoms with E-state index in [0.29, 0.717) is 0 Å². The van der Waals surface area contributed by atoms with Crippen molar-refractivity contribution in [3.05, 3.63) is 28.3 Å². The van der Waals surface area contributed by atoms with E-state index in [0.717, 1.165) is 11.1 Å². The SMILES string of the molecule is CCN(O)c1ccc(OCC(O)CO)cc1[N+](=O)[O-]. The van der Waals surface area contributed by atoms with Crippen molar-refractivity contribution in [1.29, 1.82) is 0 Å². The highest BCUT2D eigenvalue weighted by molar-refractivity contribution is 5.64. The van der Waals surface area contributed by atoms with E-state index in [1.54, 1.807) is 6.92 Å². The minimum absolute atomic E-state index is 0.0579. The summed E-state index contributed by atoms with van der Waals surface area (Å²) in [6, 6.07) is 3.94. The van der Waals surface area contributed by atoms with Crippen LogP contribution in [0.5, 0.6) is 5.75 Å². The second kappa shape index (κ2) is 6.88. The van der Waals surface area contributed by atoms with Gasteiger partial charge in [0.1, 0.15) is 24.1 Å². The largest absolute Gasteiger partial charge is 0.491 e. The number of aliphatic hydroxyl groups is 2. The summed E-state index contributed by atoms with van der Waals surface area (Å²) in [6.07, 6.45) is -1.05. The molecule has 0 fully saturated rings. The molecule has 0 saturated heterocycles. The number of ether oxygens (including phenoxy) is 1. The third-order valence-electron chi connectivity index (χ3n) is 2.37. The molecule has 19 heavy (non-hydrogen) atoms. The van der Waals surface area contributed by atoms with E-state index in [4.69, 9.17) is 14.9 Å². The van der Waals surface area contributed by atoms with Crippen LogP contribution in [0.25, 0.3) is 0 Å². The number of benzene rings is 1. The summed E-state index contributed by atoms with van der Waals surface area (Å²) in [5, 5.41) is 38.9. The zero-order valence-corrected chi connectivity index (χ0v) is 10.4. The molecule has 0 aliphatic rings. The molecule has 0 saturated carbocycles. The lowest BCUT2D eigenvalue weighted by atomic mass is 10.2. The normalized spacial score (nSPS) is 12.0. The minimum atomic E-state index is -1.05. The Kier molecular flexibility index (Phi) is 5.49. The Hall–Kier alpha value is -1.90. The Morgan fingerprint density at radius 1 is 1.53 bits per heavy atom. The van der Waals surface area contributed by atoms with Crippen molar-refractivity contribution in [1.82, 2.24) is 0 Å². The fourth-order valence-electron chi connectivity index (χ4n) is 1.37. The van der Waals surface area contributed by atoms with Crippen LogP contribution < -0.4 is 9.80 Å². The van der Waals surface area contributed by atoms with Crippen LogP contribution in [0.1, 0.15) is 6.92 Å². The molecule has 0 bridgehead atoms. The lowest BCUT2D eigenvalue weighted by Gasteiger charge is -2.15. The van der Waals surface area contributed by atoms with Gasteiger partial charge in [-0.15, -0.1) is 0 Å². The molecule has 8 nitrogen and oxygen atoms in total. The number of nitrogens with zero attached hydrogens (tertiary/aromatic N) is 2. The number of nitro benzene ring substituents is 1. The van der Waals surface area contributed by atoms with E-state index in [2.05, 4.69) is 0 Å². The maximum atomic E-state index is 10.9. The molecule has 106 valence electrons. The van der Waals surface area contributed by atoms with Gasteiger partial charge < -0.3 is 14.9 Å². The highest BCUT2D eigenvalue weighted by atomic mass is 16.6. The van der Waals surface area contributed by atoms with Crippen molar-refractivity contribution in [2.75, 3.05) is 24.8 Å². The highest BCUT2D eigenvalue weighted by Crippen LogP contribution is 2.31. The van der Waals surface area contributed by atoms with Gasteiger partial charge in [-0.05, 0) is 19.1 Å². The second-order valence-electron chi connectivity index (χ2n) is 3.77. The zero-order valence-electron chi connectivity index (χ0n) is 10.4. The number of nitro groups is 1. The standard InChI is InChI=1S/C11H16N2O6/c1-2-12(16)10-4-3-9(5-11(10)13(17)18)19-7-8(15)6-14/h3-5,8,14-16H,2,6-7H2,1H3. The average Bonchev–Trinajstić information content (AvgIpc) is 2.43. The van der Waals surface area contributed by atoms with Crippen LogP contribution in [0.15, 0.2) is 18.2 Å². The first-order chi connectivity index (χ1) is 8.99. The number of hydroxylamine groups is 1. The fraction of sp³-hybridized carbons (Fsp3) is 0.455. The molecule has 0 radical (unpaired) electrons. The molecule has 0 aliphatic carbocycles. The van der Waals surface area contributed by atoms with Crippen LogP contribution >= 0.6 is 0 Å². The van der Waals surface area contributed by atoms with Gasteiger partial charge in [0.15, 0.2) is 0 Å². The quantitative estimate of drug-likeness (QED) is 0.490. The van der Waals surface area contributed by atoms with Crippen LogP contribution in [0.3, 0.4) is 0 Å². The van der Waals surface area contributed by atoms with Gasteiger partial charge in [-0.3, -0.25) is 20.4 Å². The van der Waals surface area contributed by atoms with Crippen molar-refractivity contribution in [3.8, 4) is 5.75 Å². The average molecular weight is 272 g/mol. The number of hydrogen-bond acceptors (Lipinski definition) is 7. The fourth-order valence-corrected chi connectivity index (χ4v) is 1.37. The minimum Gasteiger partial charge on any atom is -0.491 e. The van der Waals surface area contributed by atoms with Crippen molar-refractivity contribution in [3.63, 3.8) is 0 Å². The molecule has 1 aromatic rings. The van der Waals surface area contributed by atoms with Gasteiger partial charge in [-0.1, -0.05) is 0 Å². The molecule has 1 aromatic carbocycles. The van der Waals surface area contributed by atoms with Crippen molar-refractivity contribution >= 4 is 11.4 Å². The second-order valence-corrected chi connectivity index (χ2v) is 3.77. The molecule has 0 spiro atoms. The van der Waals surface area contributed by atoms with Crippen LogP contribution in [-0.2, 0) is 0 Å². The van der Waals surface area contributed by atoms with Gasteiger partial charge in [-0.2, -0.15) is 0 Å². The molecule has 0 amide bonds. The molecule has 0 aliphatic heterocycles. The molecule has 8 heteroatoms. The summed E-state index contributed by atoms with van der Waals surface area (Å²) in [7, 11) is 0. The van der Waals surface area contributed by atoms with Crippen molar-refractivity contribution in [2.24, 2.45) is 0 Å². The zero-order chi connectivity index (χ0) is 14.4. The third kappa shape index (κ3) is 4.05. The summed E-state index contributed by atoms with van der Waals surface area (Å²) in [6.45, 7) is 1.21. The predicted octanol–water partition coefficient (Wildman–Crippen LogP) is 0.542. The Morgan fingerprint density at radius 3 is 2.74 bits per heavy atom. The van der Waals surface area contributed by atoms with Gasteiger partial charge in [-0.25, -0.2) is 0 Å². The molecule has 3 N–H and O–H groups in total. The molecule has 0 aromatic heterocycles. The summed E-state index contributed by atoms with van der Waals surface area (Å²) in [5.41, 5.74) is -0.247. The number of rotatable bonds is 7. The van der Waals surface area contributed by atoms with Crippen molar-refractivity contribution in [2.45, 2.75) is 13.0 Å². The summed E-state index contributed by atoms with van der Waals surface area (Å²) in [5.74, 6) is 0.174. The molecular weight excluding hydrogens is 256 g/mol. The summed E-state index contributed by atoms with van der Waals surface area (Å²) < 4.78 is 5.10. The summed E-state index contributed by atoms with van der Waals surface area (Å²) in [4.78, 5) is 10.3. The van der Waals surface area contributed by atoms with E-state index in [1.165, 1.54) is 12.1 Å². The van der Waals surface area contributed by atoms with E-state index in [9.17, 15) is 15.3 Å². The summed E-state index contributed by atoms with van der Waals surface area (Å²) >= 11 is 0. The Labute approximate surface area is 109 Å². The van der Waals surface area contributed by atoms with E-state index < -0.39 is 17.6 Å². The van der Waals surface area contributed by atoms with Crippen LogP contribution in [0.4, 0.5) is 11.4 Å². The first-order valence-corrected chi connectivity index (χ1v) is 5.66. The van der Waals surface area contributed by atoms with E-state index >= 15 is 0 Å². The van der Waals surface area contributed by atoms with Crippen LogP contribution in [-0.4, -0.2) is 46.2 Å². The van der Waals surface area contributed by atoms with Crippen LogP contribution in [0, 0.1) is 10.1 Å². The molecule has 1 atom stereocenters. The first-order valence-electron chi connectivity index (χ1n) is 5.66. The maximum Gasteiger partial charge on any atom is 0.298 e. The number of anilines is 1. The van der Waals surface area contributed by atoms with E-state index in [-0.39, 0.29) is 30.3 Å². The van der Waals surface area contributed by atoms with Gasteiger partial charge in [0.05, 0.1) is 17.6 Å². The van der Waals surface area contributed by atoms with Gasteiger partial charge >= 0.3 is 0 Å². The Balaban J connectivity index is 2.93. The Morgan fingerprint density at radius 2 is 2.21 bits per heavy atom. The van der Waals surface area contributed by atoms with Gasteiger partial charge in [0.25, 0.3) is 5.69 Å². The lowest BCUT2D eigenvalue weighted by molar-refractivity contribution is -0.384. The number of aliphatic hydroxyl groups excluding tert-OH is 2. The van der Waals surface area contributed by atoms with Gasteiger partial charge in [0, 0.05) is 6.54 Å². The smallest absolute Gasteiger partial charge is 0.298 e. The first kappa shape index (κ1) is 15.2. The topological polar surface area (TPSA) is 116 Å². The number of hydrogen-bond donors (Lipinski definition) is 3. The molecular formula is C11H16N2O6. The Bertz CT molecular complexity index is 439. The predicted molar refractivity (Wildman–Crippen MR) is 66.5 cm³/mol. The molecule has 0 heterocycles. The maximum absolute atomic E-state index is 10.9. The monoisotopic (exact) mass is 272 g/mol. The third-order valence-corrected chi connectivity index (χ3v) is 2.37. The van der Waals surface area contributed by atoms with Gasteiger partial charge in [0.2, 0.25) is 0 Å². The molecule has 1 rings (SSSR count). The highest BCUT2D eigenvalue weighted by Gasteiger charge is 2.19.